The molecule has 1 N–H and O–H groups in total. The molecular weight excluding hydrogens is 308 g/mol. The van der Waals surface area contributed by atoms with Gasteiger partial charge in [0.05, 0.1) is 7.11 Å². The zero-order valence-corrected chi connectivity index (χ0v) is 13.7. The normalized spacial score (nSPS) is 17.5. The van der Waals surface area contributed by atoms with Crippen molar-refractivity contribution in [2.45, 2.75) is 24.9 Å². The van der Waals surface area contributed by atoms with E-state index < -0.39 is 16.0 Å². The molecule has 0 atom stereocenters. The second kappa shape index (κ2) is 7.26. The molecule has 0 radical (unpaired) electrons. The van der Waals surface area contributed by atoms with Gasteiger partial charge < -0.3 is 14.5 Å². The van der Waals surface area contributed by atoms with E-state index in [4.69, 9.17) is 4.42 Å². The van der Waals surface area contributed by atoms with Crippen molar-refractivity contribution in [3.63, 3.8) is 0 Å². The van der Waals surface area contributed by atoms with Crippen LogP contribution in [0.3, 0.4) is 0 Å². The van der Waals surface area contributed by atoms with E-state index in [-0.39, 0.29) is 10.9 Å². The Bertz CT molecular complexity index is 603. The molecule has 1 aromatic rings. The number of methoxy groups -OCH3 is 1. The minimum atomic E-state index is -3.69. The lowest BCUT2D eigenvalue weighted by Gasteiger charge is -2.30. The van der Waals surface area contributed by atoms with Crippen molar-refractivity contribution in [3.8, 4) is 0 Å². The number of hydrogen-bond donors (Lipinski definition) is 1. The Balaban J connectivity index is 2.02. The van der Waals surface area contributed by atoms with Crippen LogP contribution in [0.25, 0.3) is 0 Å². The van der Waals surface area contributed by atoms with Crippen molar-refractivity contribution in [1.29, 1.82) is 0 Å². The third kappa shape index (κ3) is 3.68. The van der Waals surface area contributed by atoms with Crippen LogP contribution in [-0.2, 0) is 14.8 Å². The fourth-order valence-electron chi connectivity index (χ4n) is 2.50. The van der Waals surface area contributed by atoms with Crippen molar-refractivity contribution < 1.29 is 22.4 Å². The number of furan rings is 1. The van der Waals surface area contributed by atoms with Crippen LogP contribution in [0.15, 0.2) is 21.6 Å². The monoisotopic (exact) mass is 330 g/mol. The Hall–Kier alpha value is -1.38. The zero-order valence-electron chi connectivity index (χ0n) is 12.9. The molecule has 0 aliphatic carbocycles. The van der Waals surface area contributed by atoms with E-state index in [0.717, 1.165) is 25.9 Å². The molecule has 2 heterocycles. The number of nitrogens with zero attached hydrogens (tertiary/aromatic N) is 1. The number of ether oxygens (including phenoxy) is 1. The molecule has 0 spiro atoms. The lowest BCUT2D eigenvalue weighted by Crippen LogP contribution is -2.40. The number of rotatable bonds is 6. The van der Waals surface area contributed by atoms with Gasteiger partial charge in [-0.2, -0.15) is 4.31 Å². The minimum absolute atomic E-state index is 0.108. The number of nitrogens with one attached hydrogen (secondary N) is 1. The zero-order chi connectivity index (χ0) is 16.2. The maximum absolute atomic E-state index is 12.5. The first kappa shape index (κ1) is 17.0. The summed E-state index contributed by atoms with van der Waals surface area (Å²) in [5, 5.41) is 3.08. The van der Waals surface area contributed by atoms with Gasteiger partial charge in [0.25, 0.3) is 10.0 Å². The van der Waals surface area contributed by atoms with E-state index >= 15 is 0 Å². The molecule has 2 rings (SSSR count). The van der Waals surface area contributed by atoms with Crippen molar-refractivity contribution in [2.24, 2.45) is 5.92 Å². The molecule has 0 amide bonds. The standard InChI is InChI=1S/C14H22N2O5S/c1-3-15-10-11-6-8-16(9-7-11)22(18,19)13-5-4-12(21-13)14(17)20-2/h4-5,11,15H,3,6-10H2,1-2H3. The Labute approximate surface area is 130 Å². The molecule has 124 valence electrons. The van der Waals surface area contributed by atoms with Crippen molar-refractivity contribution in [1.82, 2.24) is 9.62 Å². The van der Waals surface area contributed by atoms with Gasteiger partial charge in [0.15, 0.2) is 0 Å². The van der Waals surface area contributed by atoms with Crippen molar-refractivity contribution >= 4 is 16.0 Å². The van der Waals surface area contributed by atoms with Gasteiger partial charge >= 0.3 is 5.97 Å². The third-order valence-electron chi connectivity index (χ3n) is 3.82. The number of esters is 1. The van der Waals surface area contributed by atoms with Crippen molar-refractivity contribution in [2.75, 3.05) is 33.3 Å². The van der Waals surface area contributed by atoms with E-state index in [2.05, 4.69) is 17.0 Å². The smallest absolute Gasteiger partial charge is 0.374 e. The molecule has 1 fully saturated rings. The Morgan fingerprint density at radius 2 is 2.09 bits per heavy atom. The topological polar surface area (TPSA) is 88.9 Å². The molecule has 7 nitrogen and oxygen atoms in total. The number of hydrogen-bond acceptors (Lipinski definition) is 6. The summed E-state index contributed by atoms with van der Waals surface area (Å²) in [6, 6.07) is 2.61. The van der Waals surface area contributed by atoms with E-state index in [1.807, 2.05) is 0 Å². The number of carbonyl (C=O) groups excluding carboxylic acids is 1. The summed E-state index contributed by atoms with van der Waals surface area (Å²) in [6.07, 6.45) is 1.63. The summed E-state index contributed by atoms with van der Waals surface area (Å²) >= 11 is 0. The minimum Gasteiger partial charge on any atom is -0.463 e. The second-order valence-corrected chi connectivity index (χ2v) is 7.13. The average Bonchev–Trinajstić information content (AvgIpc) is 3.03. The highest BCUT2D eigenvalue weighted by Crippen LogP contribution is 2.25. The largest absolute Gasteiger partial charge is 0.463 e. The van der Waals surface area contributed by atoms with Gasteiger partial charge in [0, 0.05) is 13.1 Å². The highest BCUT2D eigenvalue weighted by atomic mass is 32.2. The lowest BCUT2D eigenvalue weighted by atomic mass is 9.98. The summed E-state index contributed by atoms with van der Waals surface area (Å²) in [5.41, 5.74) is 0. The quantitative estimate of drug-likeness (QED) is 0.785. The van der Waals surface area contributed by atoms with Crippen LogP contribution in [0.1, 0.15) is 30.3 Å². The fourth-order valence-corrected chi connectivity index (χ4v) is 3.88. The molecular formula is C14H22N2O5S. The molecule has 1 aliphatic rings. The number of piperidine rings is 1. The molecule has 1 aromatic heterocycles. The van der Waals surface area contributed by atoms with Crippen LogP contribution in [0.2, 0.25) is 0 Å². The summed E-state index contributed by atoms with van der Waals surface area (Å²) in [4.78, 5) is 11.3. The number of sulfonamides is 1. The van der Waals surface area contributed by atoms with E-state index in [1.54, 1.807) is 0 Å². The van der Waals surface area contributed by atoms with E-state index in [1.165, 1.54) is 23.5 Å². The van der Waals surface area contributed by atoms with Crippen LogP contribution in [0.4, 0.5) is 0 Å². The fraction of sp³-hybridized carbons (Fsp3) is 0.643. The molecule has 0 aromatic carbocycles. The van der Waals surface area contributed by atoms with Crippen LogP contribution < -0.4 is 5.32 Å². The van der Waals surface area contributed by atoms with E-state index in [0.29, 0.717) is 19.0 Å². The van der Waals surface area contributed by atoms with Crippen LogP contribution in [0.5, 0.6) is 0 Å². The molecule has 22 heavy (non-hydrogen) atoms. The molecule has 0 bridgehead atoms. The van der Waals surface area contributed by atoms with Crippen LogP contribution in [-0.4, -0.2) is 52.0 Å². The third-order valence-corrected chi connectivity index (χ3v) is 5.59. The lowest BCUT2D eigenvalue weighted by molar-refractivity contribution is 0.0558. The first-order chi connectivity index (χ1) is 10.5. The van der Waals surface area contributed by atoms with E-state index in [9.17, 15) is 13.2 Å². The van der Waals surface area contributed by atoms with Gasteiger partial charge in [-0.3, -0.25) is 0 Å². The first-order valence-electron chi connectivity index (χ1n) is 7.38. The predicted molar refractivity (Wildman–Crippen MR) is 80.1 cm³/mol. The van der Waals surface area contributed by atoms with Gasteiger partial charge in [-0.05, 0) is 44.0 Å². The Morgan fingerprint density at radius 1 is 1.41 bits per heavy atom. The molecule has 1 saturated heterocycles. The highest BCUT2D eigenvalue weighted by molar-refractivity contribution is 7.89. The SMILES string of the molecule is CCNCC1CCN(S(=O)(=O)c2ccc(C(=O)OC)o2)CC1. The van der Waals surface area contributed by atoms with Crippen LogP contribution in [0, 0.1) is 5.92 Å². The van der Waals surface area contributed by atoms with Gasteiger partial charge in [-0.1, -0.05) is 6.92 Å². The first-order valence-corrected chi connectivity index (χ1v) is 8.82. The highest BCUT2D eigenvalue weighted by Gasteiger charge is 2.32. The van der Waals surface area contributed by atoms with Gasteiger partial charge in [-0.25, -0.2) is 13.2 Å². The average molecular weight is 330 g/mol. The predicted octanol–water partition coefficient (Wildman–Crippen LogP) is 1.08. The number of carbonyl (C=O) groups is 1. The maximum atomic E-state index is 12.5. The summed E-state index contributed by atoms with van der Waals surface area (Å²) in [7, 11) is -2.47. The Kier molecular flexibility index (Phi) is 5.60. The molecule has 0 unspecified atom stereocenters. The summed E-state index contributed by atoms with van der Waals surface area (Å²) in [6.45, 7) is 4.81. The van der Waals surface area contributed by atoms with Gasteiger partial charge in [0.2, 0.25) is 10.9 Å². The summed E-state index contributed by atoms with van der Waals surface area (Å²) in [5.74, 6) is -0.303. The Morgan fingerprint density at radius 3 is 2.68 bits per heavy atom. The van der Waals surface area contributed by atoms with Gasteiger partial charge in [-0.15, -0.1) is 0 Å². The van der Waals surface area contributed by atoms with Crippen LogP contribution >= 0.6 is 0 Å². The summed E-state index contributed by atoms with van der Waals surface area (Å²) < 4.78 is 36.0. The molecule has 0 saturated carbocycles. The maximum Gasteiger partial charge on any atom is 0.374 e. The molecule has 8 heteroatoms. The second-order valence-electron chi connectivity index (χ2n) is 5.27. The molecule has 1 aliphatic heterocycles. The van der Waals surface area contributed by atoms with Gasteiger partial charge in [0.1, 0.15) is 0 Å². The van der Waals surface area contributed by atoms with Crippen molar-refractivity contribution in [3.05, 3.63) is 17.9 Å².